The molecule has 17 heavy (non-hydrogen) atoms. The third-order valence-corrected chi connectivity index (χ3v) is 3.00. The molecule has 0 aromatic heterocycles. The summed E-state index contributed by atoms with van der Waals surface area (Å²) in [6, 6.07) is 12.5. The van der Waals surface area contributed by atoms with Gasteiger partial charge in [0, 0.05) is 17.3 Å². The zero-order valence-electron chi connectivity index (χ0n) is 9.06. The van der Waals surface area contributed by atoms with Crippen LogP contribution >= 0.6 is 15.9 Å². The average molecular weight is 294 g/mol. The van der Waals surface area contributed by atoms with Gasteiger partial charge in [0.05, 0.1) is 4.47 Å². The molecular weight excluding hydrogens is 282 g/mol. The molecule has 2 rings (SSSR count). The molecular formula is C13H12BrNO2. The highest BCUT2D eigenvalue weighted by Gasteiger charge is 2.03. The molecule has 2 aromatic rings. The van der Waals surface area contributed by atoms with Gasteiger partial charge in [-0.3, -0.25) is 0 Å². The number of benzene rings is 2. The maximum Gasteiger partial charge on any atom is 0.133 e. The highest BCUT2D eigenvalue weighted by atomic mass is 79.9. The molecule has 0 atom stereocenters. The second-order valence-electron chi connectivity index (χ2n) is 3.60. The minimum Gasteiger partial charge on any atom is -0.508 e. The van der Waals surface area contributed by atoms with Crippen LogP contribution in [0.5, 0.6) is 11.5 Å². The quantitative estimate of drug-likeness (QED) is 0.854. The molecule has 0 aliphatic carbocycles. The molecule has 2 aromatic carbocycles. The van der Waals surface area contributed by atoms with Gasteiger partial charge in [-0.2, -0.15) is 0 Å². The predicted octanol–water partition coefficient (Wildman–Crippen LogP) is 3.32. The summed E-state index contributed by atoms with van der Waals surface area (Å²) in [5.41, 5.74) is 7.14. The van der Waals surface area contributed by atoms with Crippen molar-refractivity contribution in [3.05, 3.63) is 52.5 Å². The number of hydrogen-bond acceptors (Lipinski definition) is 3. The van der Waals surface area contributed by atoms with Crippen LogP contribution in [0.3, 0.4) is 0 Å². The van der Waals surface area contributed by atoms with E-state index < -0.39 is 0 Å². The van der Waals surface area contributed by atoms with Crippen LogP contribution < -0.4 is 10.5 Å². The summed E-state index contributed by atoms with van der Waals surface area (Å²) in [6.45, 7) is 0.370. The number of nitrogens with two attached hydrogens (primary N) is 1. The lowest BCUT2D eigenvalue weighted by molar-refractivity contribution is 0.305. The van der Waals surface area contributed by atoms with Crippen LogP contribution in [0.15, 0.2) is 46.9 Å². The lowest BCUT2D eigenvalue weighted by Gasteiger charge is -2.10. The number of hydrogen-bond donors (Lipinski definition) is 2. The third kappa shape index (κ3) is 2.91. The van der Waals surface area contributed by atoms with Crippen LogP contribution in [0.4, 0.5) is 5.69 Å². The van der Waals surface area contributed by atoms with Crippen LogP contribution in [0.25, 0.3) is 0 Å². The van der Waals surface area contributed by atoms with Gasteiger partial charge in [0.1, 0.15) is 18.1 Å². The first kappa shape index (κ1) is 11.8. The standard InChI is InChI=1S/C13H12BrNO2/c14-11-3-1-2-4-13(11)17-8-9-5-6-10(16)7-12(9)15/h1-7,16H,8,15H2. The minimum absolute atomic E-state index is 0.159. The van der Waals surface area contributed by atoms with Crippen molar-refractivity contribution in [1.29, 1.82) is 0 Å². The molecule has 3 N–H and O–H groups in total. The lowest BCUT2D eigenvalue weighted by Crippen LogP contribution is -2.00. The predicted molar refractivity (Wildman–Crippen MR) is 71.0 cm³/mol. The molecule has 0 saturated heterocycles. The molecule has 88 valence electrons. The van der Waals surface area contributed by atoms with Crippen molar-refractivity contribution in [2.75, 3.05) is 5.73 Å². The Kier molecular flexibility index (Phi) is 3.54. The Labute approximate surface area is 108 Å². The third-order valence-electron chi connectivity index (χ3n) is 2.35. The van der Waals surface area contributed by atoms with Gasteiger partial charge < -0.3 is 15.6 Å². The molecule has 0 saturated carbocycles. The van der Waals surface area contributed by atoms with Crippen LogP contribution in [-0.4, -0.2) is 5.11 Å². The molecule has 0 bridgehead atoms. The first-order chi connectivity index (χ1) is 8.16. The molecule has 0 aliphatic rings. The van der Waals surface area contributed by atoms with E-state index in [0.717, 1.165) is 15.8 Å². The average Bonchev–Trinajstić information content (AvgIpc) is 2.30. The number of rotatable bonds is 3. The number of phenolic OH excluding ortho intramolecular Hbond substituents is 1. The van der Waals surface area contributed by atoms with Gasteiger partial charge in [-0.25, -0.2) is 0 Å². The molecule has 0 unspecified atom stereocenters. The van der Waals surface area contributed by atoms with E-state index in [1.807, 2.05) is 24.3 Å². The van der Waals surface area contributed by atoms with E-state index in [2.05, 4.69) is 15.9 Å². The highest BCUT2D eigenvalue weighted by Crippen LogP contribution is 2.26. The van der Waals surface area contributed by atoms with E-state index >= 15 is 0 Å². The van der Waals surface area contributed by atoms with E-state index in [4.69, 9.17) is 10.5 Å². The summed E-state index contributed by atoms with van der Waals surface area (Å²) in [6.07, 6.45) is 0. The summed E-state index contributed by atoms with van der Waals surface area (Å²) >= 11 is 3.40. The number of ether oxygens (including phenoxy) is 1. The molecule has 0 heterocycles. The number of phenols is 1. The SMILES string of the molecule is Nc1cc(O)ccc1COc1ccccc1Br. The van der Waals surface area contributed by atoms with Gasteiger partial charge in [0.25, 0.3) is 0 Å². The maximum absolute atomic E-state index is 9.24. The van der Waals surface area contributed by atoms with Gasteiger partial charge in [0.15, 0.2) is 0 Å². The summed E-state index contributed by atoms with van der Waals surface area (Å²) < 4.78 is 6.54. The minimum atomic E-state index is 0.159. The van der Waals surface area contributed by atoms with E-state index in [0.29, 0.717) is 12.3 Å². The Bertz CT molecular complexity index is 529. The fourth-order valence-electron chi connectivity index (χ4n) is 1.43. The Morgan fingerprint density at radius 3 is 2.65 bits per heavy atom. The van der Waals surface area contributed by atoms with Crippen molar-refractivity contribution in [3.63, 3.8) is 0 Å². The van der Waals surface area contributed by atoms with Gasteiger partial charge in [-0.1, -0.05) is 12.1 Å². The van der Waals surface area contributed by atoms with Gasteiger partial charge in [-0.05, 0) is 40.2 Å². The zero-order valence-corrected chi connectivity index (χ0v) is 10.6. The fourth-order valence-corrected chi connectivity index (χ4v) is 1.83. The van der Waals surface area contributed by atoms with Crippen molar-refractivity contribution in [1.82, 2.24) is 0 Å². The Morgan fingerprint density at radius 2 is 1.94 bits per heavy atom. The molecule has 0 radical (unpaired) electrons. The molecule has 0 amide bonds. The molecule has 4 heteroatoms. The molecule has 0 spiro atoms. The smallest absolute Gasteiger partial charge is 0.133 e. The number of anilines is 1. The Morgan fingerprint density at radius 1 is 1.18 bits per heavy atom. The molecule has 0 fully saturated rings. The second-order valence-corrected chi connectivity index (χ2v) is 4.46. The first-order valence-corrected chi connectivity index (χ1v) is 5.91. The van der Waals surface area contributed by atoms with Crippen molar-refractivity contribution >= 4 is 21.6 Å². The van der Waals surface area contributed by atoms with E-state index in [-0.39, 0.29) is 5.75 Å². The van der Waals surface area contributed by atoms with Crippen molar-refractivity contribution in [2.45, 2.75) is 6.61 Å². The van der Waals surface area contributed by atoms with Crippen molar-refractivity contribution in [2.24, 2.45) is 0 Å². The monoisotopic (exact) mass is 293 g/mol. The van der Waals surface area contributed by atoms with Gasteiger partial charge in [0.2, 0.25) is 0 Å². The summed E-state index contributed by atoms with van der Waals surface area (Å²) in [5, 5.41) is 9.24. The Balaban J connectivity index is 2.10. The fraction of sp³-hybridized carbons (Fsp3) is 0.0769. The first-order valence-electron chi connectivity index (χ1n) is 5.11. The number of nitrogen functional groups attached to an aromatic ring is 1. The topological polar surface area (TPSA) is 55.5 Å². The summed E-state index contributed by atoms with van der Waals surface area (Å²) in [7, 11) is 0. The largest absolute Gasteiger partial charge is 0.508 e. The second kappa shape index (κ2) is 5.10. The van der Waals surface area contributed by atoms with Gasteiger partial charge >= 0.3 is 0 Å². The zero-order chi connectivity index (χ0) is 12.3. The normalized spacial score (nSPS) is 10.2. The summed E-state index contributed by atoms with van der Waals surface area (Å²) in [4.78, 5) is 0. The van der Waals surface area contributed by atoms with E-state index in [1.54, 1.807) is 12.1 Å². The number of para-hydroxylation sites is 1. The highest BCUT2D eigenvalue weighted by molar-refractivity contribution is 9.10. The number of halogens is 1. The van der Waals surface area contributed by atoms with E-state index in [9.17, 15) is 5.11 Å². The van der Waals surface area contributed by atoms with Gasteiger partial charge in [-0.15, -0.1) is 0 Å². The number of aromatic hydroxyl groups is 1. The van der Waals surface area contributed by atoms with Crippen LogP contribution in [0.2, 0.25) is 0 Å². The molecule has 0 aliphatic heterocycles. The van der Waals surface area contributed by atoms with E-state index in [1.165, 1.54) is 6.07 Å². The summed E-state index contributed by atoms with van der Waals surface area (Å²) in [5.74, 6) is 0.923. The lowest BCUT2D eigenvalue weighted by atomic mass is 10.2. The van der Waals surface area contributed by atoms with Crippen LogP contribution in [0, 0.1) is 0 Å². The van der Waals surface area contributed by atoms with Crippen LogP contribution in [-0.2, 0) is 6.61 Å². The molecule has 3 nitrogen and oxygen atoms in total. The maximum atomic E-state index is 9.24. The van der Waals surface area contributed by atoms with Crippen LogP contribution in [0.1, 0.15) is 5.56 Å². The van der Waals surface area contributed by atoms with Crippen molar-refractivity contribution < 1.29 is 9.84 Å². The Hall–Kier alpha value is -1.68. The van der Waals surface area contributed by atoms with Crippen molar-refractivity contribution in [3.8, 4) is 11.5 Å².